The van der Waals surface area contributed by atoms with Crippen LogP contribution in [0.4, 0.5) is 5.69 Å². The lowest BCUT2D eigenvalue weighted by atomic mass is 9.97. The molecule has 0 fully saturated rings. The van der Waals surface area contributed by atoms with E-state index in [4.69, 9.17) is 9.47 Å². The highest BCUT2D eigenvalue weighted by atomic mass is 32.1. The normalized spacial score (nSPS) is 13.2. The van der Waals surface area contributed by atoms with E-state index in [1.807, 2.05) is 6.92 Å². The van der Waals surface area contributed by atoms with E-state index >= 15 is 0 Å². The van der Waals surface area contributed by atoms with Crippen LogP contribution in [-0.2, 0) is 12.8 Å². The average molecular weight is 492 g/mol. The third kappa shape index (κ3) is 4.62. The molecule has 0 atom stereocenters. The van der Waals surface area contributed by atoms with Crippen molar-refractivity contribution in [3.8, 4) is 17.4 Å². The second kappa shape index (κ2) is 9.63. The summed E-state index contributed by atoms with van der Waals surface area (Å²) in [5, 5.41) is 15.8. The molecular weight excluding hydrogens is 470 g/mol. The second-order valence-electron chi connectivity index (χ2n) is 7.88. The van der Waals surface area contributed by atoms with Gasteiger partial charge in [0.1, 0.15) is 17.4 Å². The van der Waals surface area contributed by atoms with Crippen LogP contribution in [0.2, 0.25) is 0 Å². The monoisotopic (exact) mass is 491 g/mol. The molecule has 10 nitrogen and oxygen atoms in total. The van der Waals surface area contributed by atoms with Gasteiger partial charge < -0.3 is 9.47 Å². The van der Waals surface area contributed by atoms with Gasteiger partial charge in [0, 0.05) is 17.0 Å². The molecule has 0 unspecified atom stereocenters. The van der Waals surface area contributed by atoms with Gasteiger partial charge >= 0.3 is 0 Å². The Balaban J connectivity index is 1.41. The van der Waals surface area contributed by atoms with E-state index in [0.717, 1.165) is 42.3 Å². The molecule has 0 spiro atoms. The summed E-state index contributed by atoms with van der Waals surface area (Å²) in [6.45, 7) is 2.24. The van der Waals surface area contributed by atoms with Crippen LogP contribution in [0.3, 0.4) is 0 Å². The third-order valence-corrected chi connectivity index (χ3v) is 6.80. The van der Waals surface area contributed by atoms with E-state index in [2.05, 4.69) is 15.1 Å². The van der Waals surface area contributed by atoms with Crippen molar-refractivity contribution >= 4 is 33.5 Å². The number of hydrogen-bond acceptors (Lipinski definition) is 9. The molecule has 0 amide bonds. The third-order valence-electron chi connectivity index (χ3n) is 5.60. The molecule has 1 aliphatic rings. The molecule has 0 N–H and O–H groups in total. The Morgan fingerprint density at radius 3 is 2.83 bits per heavy atom. The fraction of sp³-hybridized carbons (Fsp3) is 0.250. The van der Waals surface area contributed by atoms with Crippen molar-refractivity contribution in [2.45, 2.75) is 32.6 Å². The first-order valence-electron chi connectivity index (χ1n) is 11.1. The predicted octanol–water partition coefficient (Wildman–Crippen LogP) is 4.71. The summed E-state index contributed by atoms with van der Waals surface area (Å²) < 4.78 is 12.7. The smallest absolute Gasteiger partial charge is 0.287 e. The number of aromatic nitrogens is 3. The minimum absolute atomic E-state index is 0.125. The molecule has 4 aromatic rings. The Bertz CT molecular complexity index is 1490. The van der Waals surface area contributed by atoms with Crippen LogP contribution >= 0.6 is 11.3 Å². The largest absolute Gasteiger partial charge is 0.490 e. The topological polar surface area (TPSA) is 122 Å². The lowest BCUT2D eigenvalue weighted by molar-refractivity contribution is -0.385. The first-order valence-corrected chi connectivity index (χ1v) is 12.0. The van der Waals surface area contributed by atoms with Crippen LogP contribution in [0.25, 0.3) is 10.2 Å². The zero-order valence-electron chi connectivity index (χ0n) is 18.8. The van der Waals surface area contributed by atoms with Gasteiger partial charge in [0.2, 0.25) is 5.88 Å². The highest BCUT2D eigenvalue weighted by Crippen LogP contribution is 2.34. The summed E-state index contributed by atoms with van der Waals surface area (Å²) in [6.07, 6.45) is 8.28. The summed E-state index contributed by atoms with van der Waals surface area (Å²) in [6, 6.07) is 7.92. The van der Waals surface area contributed by atoms with E-state index in [1.54, 1.807) is 35.8 Å². The lowest BCUT2D eigenvalue weighted by Gasteiger charge is -2.11. The number of nitrogens with zero attached hydrogens (tertiary/aromatic N) is 5. The number of fused-ring (bicyclic) bond motifs is 3. The molecule has 1 aromatic carbocycles. The SMILES string of the molecule is CCOc1cc(/C=N/n2cnc3sc4c(c3c2=O)CCCC4)ccc1Oc1ccc([N+](=O)[O-])cn1. The lowest BCUT2D eigenvalue weighted by Crippen LogP contribution is -2.18. The van der Waals surface area contributed by atoms with Crippen molar-refractivity contribution in [3.05, 3.63) is 79.3 Å². The zero-order valence-corrected chi connectivity index (χ0v) is 19.7. The maximum Gasteiger partial charge on any atom is 0.287 e. The molecule has 35 heavy (non-hydrogen) atoms. The summed E-state index contributed by atoms with van der Waals surface area (Å²) >= 11 is 1.60. The minimum atomic E-state index is -0.526. The molecule has 11 heteroatoms. The Labute approximate surface area is 203 Å². The van der Waals surface area contributed by atoms with Crippen LogP contribution in [0, 0.1) is 10.1 Å². The van der Waals surface area contributed by atoms with Gasteiger partial charge in [-0.25, -0.2) is 9.97 Å². The number of thiophene rings is 1. The molecule has 0 saturated heterocycles. The Morgan fingerprint density at radius 2 is 2.06 bits per heavy atom. The predicted molar refractivity (Wildman–Crippen MR) is 132 cm³/mol. The van der Waals surface area contributed by atoms with E-state index in [1.165, 1.54) is 28.0 Å². The molecule has 178 valence electrons. The number of rotatable bonds is 7. The van der Waals surface area contributed by atoms with Gasteiger partial charge in [-0.2, -0.15) is 9.78 Å². The molecule has 3 aromatic heterocycles. The maximum absolute atomic E-state index is 13.1. The van der Waals surface area contributed by atoms with Gasteiger partial charge in [0.25, 0.3) is 11.2 Å². The van der Waals surface area contributed by atoms with Gasteiger partial charge in [0.05, 0.1) is 23.1 Å². The van der Waals surface area contributed by atoms with Crippen molar-refractivity contribution in [1.29, 1.82) is 0 Å². The Kier molecular flexibility index (Phi) is 6.23. The fourth-order valence-corrected chi connectivity index (χ4v) is 5.18. The number of benzene rings is 1. The van der Waals surface area contributed by atoms with Crippen LogP contribution < -0.4 is 15.0 Å². The van der Waals surface area contributed by atoms with Gasteiger partial charge in [-0.05, 0) is 61.9 Å². The molecular formula is C24H21N5O5S. The average Bonchev–Trinajstić information content (AvgIpc) is 3.25. The van der Waals surface area contributed by atoms with Crippen molar-refractivity contribution in [3.63, 3.8) is 0 Å². The number of nitro groups is 1. The molecule has 0 aliphatic heterocycles. The quantitative estimate of drug-likeness (QED) is 0.208. The zero-order chi connectivity index (χ0) is 24.4. The van der Waals surface area contributed by atoms with E-state index < -0.39 is 4.92 Å². The van der Waals surface area contributed by atoms with Crippen LogP contribution in [0.5, 0.6) is 17.4 Å². The molecule has 0 bridgehead atoms. The summed E-state index contributed by atoms with van der Waals surface area (Å²) in [4.78, 5) is 33.8. The molecule has 3 heterocycles. The number of pyridine rings is 1. The molecule has 5 rings (SSSR count). The fourth-order valence-electron chi connectivity index (χ4n) is 3.96. The standard InChI is InChI=1S/C24H21N5O5S/c1-2-33-19-11-15(7-9-18(19)34-21-10-8-16(13-25-21)29(31)32)12-27-28-14-26-23-22(24(28)30)17-5-3-4-6-20(17)35-23/h7-14H,2-6H2,1H3/b27-12+. The molecule has 0 saturated carbocycles. The van der Waals surface area contributed by atoms with Crippen LogP contribution in [0.15, 0.2) is 52.8 Å². The van der Waals surface area contributed by atoms with Crippen LogP contribution in [0.1, 0.15) is 35.8 Å². The van der Waals surface area contributed by atoms with Gasteiger partial charge in [-0.3, -0.25) is 14.9 Å². The minimum Gasteiger partial charge on any atom is -0.490 e. The summed E-state index contributed by atoms with van der Waals surface area (Å²) in [5.74, 6) is 1.04. The molecule has 0 radical (unpaired) electrons. The van der Waals surface area contributed by atoms with Gasteiger partial charge in [0.15, 0.2) is 11.5 Å². The second-order valence-corrected chi connectivity index (χ2v) is 8.97. The van der Waals surface area contributed by atoms with E-state index in [0.29, 0.717) is 29.1 Å². The number of hydrogen-bond donors (Lipinski definition) is 0. The first-order chi connectivity index (χ1) is 17.0. The van der Waals surface area contributed by atoms with E-state index in [9.17, 15) is 14.9 Å². The van der Waals surface area contributed by atoms with Crippen molar-refractivity contribution < 1.29 is 14.4 Å². The van der Waals surface area contributed by atoms with Crippen molar-refractivity contribution in [2.24, 2.45) is 5.10 Å². The summed E-state index contributed by atoms with van der Waals surface area (Å²) in [5.41, 5.74) is 1.52. The Morgan fingerprint density at radius 1 is 1.20 bits per heavy atom. The number of aryl methyl sites for hydroxylation is 2. The first kappa shape index (κ1) is 22.7. The highest BCUT2D eigenvalue weighted by molar-refractivity contribution is 7.18. The Hall–Kier alpha value is -4.12. The van der Waals surface area contributed by atoms with Crippen LogP contribution in [-0.4, -0.2) is 32.4 Å². The van der Waals surface area contributed by atoms with Gasteiger partial charge in [-0.1, -0.05) is 0 Å². The van der Waals surface area contributed by atoms with Crippen molar-refractivity contribution in [1.82, 2.24) is 14.6 Å². The highest BCUT2D eigenvalue weighted by Gasteiger charge is 2.20. The van der Waals surface area contributed by atoms with Crippen molar-refractivity contribution in [2.75, 3.05) is 6.61 Å². The number of ether oxygens (including phenoxy) is 2. The molecule has 1 aliphatic carbocycles. The van der Waals surface area contributed by atoms with E-state index in [-0.39, 0.29) is 17.1 Å². The summed E-state index contributed by atoms with van der Waals surface area (Å²) in [7, 11) is 0. The maximum atomic E-state index is 13.1. The van der Waals surface area contributed by atoms with Gasteiger partial charge in [-0.15, -0.1) is 11.3 Å².